The summed E-state index contributed by atoms with van der Waals surface area (Å²) in [5.74, 6) is -0.997. The first-order valence-corrected chi connectivity index (χ1v) is 7.01. The van der Waals surface area contributed by atoms with Gasteiger partial charge in [0.25, 0.3) is 0 Å². The van der Waals surface area contributed by atoms with E-state index < -0.39 is 5.97 Å². The third-order valence-electron chi connectivity index (χ3n) is 3.67. The molecule has 1 aliphatic rings. The predicted molar refractivity (Wildman–Crippen MR) is 75.4 cm³/mol. The van der Waals surface area contributed by atoms with Crippen molar-refractivity contribution < 1.29 is 14.3 Å². The third kappa shape index (κ3) is 5.01. The molecule has 0 aromatic heterocycles. The molecule has 0 spiro atoms. The molecule has 1 saturated heterocycles. The van der Waals surface area contributed by atoms with Crippen molar-refractivity contribution in [2.75, 3.05) is 0 Å². The van der Waals surface area contributed by atoms with E-state index in [4.69, 9.17) is 0 Å². The Balaban J connectivity index is 2.49. The minimum absolute atomic E-state index is 0.0650. The number of rotatable bonds is 6. The molecule has 19 heavy (non-hydrogen) atoms. The van der Waals surface area contributed by atoms with E-state index in [-0.39, 0.29) is 24.2 Å². The van der Waals surface area contributed by atoms with E-state index in [1.165, 1.54) is 11.1 Å². The second kappa shape index (κ2) is 7.27. The Morgan fingerprint density at radius 1 is 1.37 bits per heavy atom. The van der Waals surface area contributed by atoms with Crippen LogP contribution < -0.4 is 0 Å². The van der Waals surface area contributed by atoms with Crippen LogP contribution in [0.2, 0.25) is 0 Å². The number of carbonyl (C=O) groups excluding carboxylic acids is 2. The van der Waals surface area contributed by atoms with Crippen molar-refractivity contribution in [1.29, 1.82) is 0 Å². The molecular formula is C16H24O3. The molecule has 0 bridgehead atoms. The van der Waals surface area contributed by atoms with Crippen LogP contribution >= 0.6 is 0 Å². The number of cyclic esters (lactones) is 2. The van der Waals surface area contributed by atoms with Crippen LogP contribution in [0.4, 0.5) is 0 Å². The van der Waals surface area contributed by atoms with Crippen LogP contribution in [-0.2, 0) is 14.3 Å². The molecule has 106 valence electrons. The van der Waals surface area contributed by atoms with Crippen LogP contribution in [0.5, 0.6) is 0 Å². The van der Waals surface area contributed by atoms with Gasteiger partial charge in [0.05, 0.1) is 12.3 Å². The lowest BCUT2D eigenvalue weighted by atomic mass is 9.90. The Hall–Kier alpha value is -1.38. The summed E-state index contributed by atoms with van der Waals surface area (Å²) in [5.41, 5.74) is 2.67. The molecule has 3 nitrogen and oxygen atoms in total. The molecule has 0 aromatic rings. The molecule has 3 heteroatoms. The number of carbonyl (C=O) groups is 2. The molecule has 2 atom stereocenters. The zero-order valence-electron chi connectivity index (χ0n) is 12.4. The average molecular weight is 264 g/mol. The largest absolute Gasteiger partial charge is 0.393 e. The van der Waals surface area contributed by atoms with E-state index >= 15 is 0 Å². The van der Waals surface area contributed by atoms with Gasteiger partial charge in [-0.2, -0.15) is 0 Å². The van der Waals surface area contributed by atoms with Crippen LogP contribution in [0.15, 0.2) is 23.3 Å². The molecule has 0 saturated carbocycles. The smallest absolute Gasteiger partial charge is 0.317 e. The van der Waals surface area contributed by atoms with Crippen LogP contribution in [0.1, 0.15) is 53.4 Å². The normalized spacial score (nSPS) is 22.6. The van der Waals surface area contributed by atoms with Gasteiger partial charge >= 0.3 is 11.9 Å². The Labute approximate surface area is 115 Å². The first-order valence-electron chi connectivity index (χ1n) is 7.01. The van der Waals surface area contributed by atoms with Gasteiger partial charge < -0.3 is 4.74 Å². The molecule has 0 aliphatic carbocycles. The standard InChI is InChI=1S/C16H24O3/c1-5-11(2)7-6-8-12(3)9-13(4)14-10-15(17)19-16(14)18/h7,9,13-14H,5-6,8,10H2,1-4H3/b11-7+,12-9+. The van der Waals surface area contributed by atoms with Crippen molar-refractivity contribution in [2.24, 2.45) is 11.8 Å². The van der Waals surface area contributed by atoms with Gasteiger partial charge in [-0.05, 0) is 39.0 Å². The van der Waals surface area contributed by atoms with Gasteiger partial charge in [-0.25, -0.2) is 0 Å². The van der Waals surface area contributed by atoms with E-state index in [1.54, 1.807) is 0 Å². The molecule has 1 aliphatic heterocycles. The van der Waals surface area contributed by atoms with Gasteiger partial charge in [0, 0.05) is 0 Å². The van der Waals surface area contributed by atoms with Gasteiger partial charge in [-0.1, -0.05) is 37.1 Å². The minimum Gasteiger partial charge on any atom is -0.393 e. The molecular weight excluding hydrogens is 240 g/mol. The van der Waals surface area contributed by atoms with Crippen molar-refractivity contribution in [1.82, 2.24) is 0 Å². The van der Waals surface area contributed by atoms with Crippen LogP contribution in [-0.4, -0.2) is 11.9 Å². The molecule has 1 rings (SSSR count). The summed E-state index contributed by atoms with van der Waals surface area (Å²) >= 11 is 0. The second-order valence-corrected chi connectivity index (χ2v) is 5.42. The Bertz CT molecular complexity index is 404. The van der Waals surface area contributed by atoms with Crippen LogP contribution in [0.3, 0.4) is 0 Å². The van der Waals surface area contributed by atoms with Crippen molar-refractivity contribution in [3.63, 3.8) is 0 Å². The first-order chi connectivity index (χ1) is 8.93. The first kappa shape index (κ1) is 15.7. The van der Waals surface area contributed by atoms with Gasteiger partial charge in [-0.3, -0.25) is 9.59 Å². The summed E-state index contributed by atoms with van der Waals surface area (Å²) in [4.78, 5) is 22.5. The molecule has 0 amide bonds. The maximum atomic E-state index is 11.5. The number of allylic oxidation sites excluding steroid dienone is 4. The number of hydrogen-bond donors (Lipinski definition) is 0. The maximum Gasteiger partial charge on any atom is 0.317 e. The van der Waals surface area contributed by atoms with Crippen molar-refractivity contribution in [3.05, 3.63) is 23.3 Å². The molecule has 0 N–H and O–H groups in total. The summed E-state index contributed by atoms with van der Waals surface area (Å²) in [5, 5.41) is 0. The van der Waals surface area contributed by atoms with Crippen molar-refractivity contribution in [3.8, 4) is 0 Å². The molecule has 2 unspecified atom stereocenters. The summed E-state index contributed by atoms with van der Waals surface area (Å²) in [6.07, 6.45) is 7.70. The van der Waals surface area contributed by atoms with E-state index in [9.17, 15) is 9.59 Å². The maximum absolute atomic E-state index is 11.5. The van der Waals surface area contributed by atoms with E-state index in [0.717, 1.165) is 19.3 Å². The lowest BCUT2D eigenvalue weighted by Gasteiger charge is -2.11. The summed E-state index contributed by atoms with van der Waals surface area (Å²) in [6.45, 7) is 8.34. The Morgan fingerprint density at radius 3 is 2.58 bits per heavy atom. The lowest BCUT2D eigenvalue weighted by Crippen LogP contribution is -2.15. The zero-order chi connectivity index (χ0) is 14.4. The molecule has 0 radical (unpaired) electrons. The van der Waals surface area contributed by atoms with Gasteiger partial charge in [-0.15, -0.1) is 0 Å². The van der Waals surface area contributed by atoms with Gasteiger partial charge in [0.15, 0.2) is 0 Å². The third-order valence-corrected chi connectivity index (χ3v) is 3.67. The highest BCUT2D eigenvalue weighted by atomic mass is 16.6. The topological polar surface area (TPSA) is 43.4 Å². The van der Waals surface area contributed by atoms with Crippen LogP contribution in [0.25, 0.3) is 0 Å². The lowest BCUT2D eigenvalue weighted by molar-refractivity contribution is -0.153. The number of esters is 2. The van der Waals surface area contributed by atoms with Crippen molar-refractivity contribution in [2.45, 2.75) is 53.4 Å². The summed E-state index contributed by atoms with van der Waals surface area (Å²) in [7, 11) is 0. The number of hydrogen-bond acceptors (Lipinski definition) is 3. The quantitative estimate of drug-likeness (QED) is 0.416. The Kier molecular flexibility index (Phi) is 6.00. The monoisotopic (exact) mass is 264 g/mol. The minimum atomic E-state index is -0.394. The van der Waals surface area contributed by atoms with Crippen LogP contribution in [0, 0.1) is 11.8 Å². The highest BCUT2D eigenvalue weighted by Crippen LogP contribution is 2.26. The molecule has 1 fully saturated rings. The van der Waals surface area contributed by atoms with Crippen molar-refractivity contribution >= 4 is 11.9 Å². The fourth-order valence-electron chi connectivity index (χ4n) is 2.23. The highest BCUT2D eigenvalue weighted by Gasteiger charge is 2.36. The number of ether oxygens (including phenoxy) is 1. The van der Waals surface area contributed by atoms with Gasteiger partial charge in [0.2, 0.25) is 0 Å². The zero-order valence-corrected chi connectivity index (χ0v) is 12.4. The summed E-state index contributed by atoms with van der Waals surface area (Å²) < 4.78 is 4.59. The summed E-state index contributed by atoms with van der Waals surface area (Å²) in [6, 6.07) is 0. The fraction of sp³-hybridized carbons (Fsp3) is 0.625. The molecule has 1 heterocycles. The predicted octanol–water partition coefficient (Wildman–Crippen LogP) is 3.80. The fourth-order valence-corrected chi connectivity index (χ4v) is 2.23. The van der Waals surface area contributed by atoms with E-state index in [2.05, 4.69) is 37.7 Å². The average Bonchev–Trinajstić information content (AvgIpc) is 2.68. The Morgan fingerprint density at radius 2 is 2.05 bits per heavy atom. The van der Waals surface area contributed by atoms with E-state index in [0.29, 0.717) is 0 Å². The molecule has 0 aromatic carbocycles. The van der Waals surface area contributed by atoms with Gasteiger partial charge in [0.1, 0.15) is 0 Å². The van der Waals surface area contributed by atoms with E-state index in [1.807, 2.05) is 6.92 Å². The highest BCUT2D eigenvalue weighted by molar-refractivity contribution is 5.94. The SMILES string of the molecule is CC/C(C)=C/CC/C(C)=C/C(C)C1CC(=O)OC1=O. The second-order valence-electron chi connectivity index (χ2n) is 5.42.